The zero-order valence-electron chi connectivity index (χ0n) is 10.2. The lowest BCUT2D eigenvalue weighted by atomic mass is 9.82. The van der Waals surface area contributed by atoms with Crippen LogP contribution in [0.15, 0.2) is 18.3 Å². The molecule has 2 rings (SSSR count). The first-order valence-electron chi connectivity index (χ1n) is 6.49. The Morgan fingerprint density at radius 1 is 1.31 bits per heavy atom. The Morgan fingerprint density at radius 2 is 2.12 bits per heavy atom. The van der Waals surface area contributed by atoms with E-state index in [0.717, 1.165) is 12.8 Å². The number of pyridine rings is 1. The van der Waals surface area contributed by atoms with Crippen LogP contribution in [0.1, 0.15) is 43.9 Å². The molecule has 0 amide bonds. The summed E-state index contributed by atoms with van der Waals surface area (Å²) >= 11 is 0. The Hall–Kier alpha value is -0.890. The largest absolute Gasteiger partial charge is 0.327 e. The minimum atomic E-state index is 0.390. The van der Waals surface area contributed by atoms with Gasteiger partial charge >= 0.3 is 0 Å². The fourth-order valence-corrected chi connectivity index (χ4v) is 2.54. The Morgan fingerprint density at radius 3 is 2.75 bits per heavy atom. The van der Waals surface area contributed by atoms with Crippen LogP contribution in [0, 0.1) is 5.92 Å². The third-order valence-electron chi connectivity index (χ3n) is 3.73. The van der Waals surface area contributed by atoms with Crippen molar-refractivity contribution in [2.75, 3.05) is 0 Å². The van der Waals surface area contributed by atoms with Crippen molar-refractivity contribution in [2.45, 2.75) is 51.5 Å². The number of nitrogens with zero attached hydrogens (tertiary/aromatic N) is 1. The summed E-state index contributed by atoms with van der Waals surface area (Å²) in [7, 11) is 0. The van der Waals surface area contributed by atoms with Crippen LogP contribution in [-0.2, 0) is 12.8 Å². The first-order valence-corrected chi connectivity index (χ1v) is 6.49. The monoisotopic (exact) mass is 218 g/mol. The van der Waals surface area contributed by atoms with E-state index in [1.165, 1.54) is 36.9 Å². The van der Waals surface area contributed by atoms with Crippen molar-refractivity contribution in [3.63, 3.8) is 0 Å². The number of hydrogen-bond donors (Lipinski definition) is 1. The molecule has 2 unspecified atom stereocenters. The normalized spacial score (nSPS) is 25.6. The van der Waals surface area contributed by atoms with Crippen molar-refractivity contribution in [3.05, 3.63) is 29.6 Å². The lowest BCUT2D eigenvalue weighted by molar-refractivity contribution is 0.304. The summed E-state index contributed by atoms with van der Waals surface area (Å²) in [4.78, 5) is 4.52. The molecule has 0 bridgehead atoms. The first-order chi connectivity index (χ1) is 7.79. The molecule has 1 aromatic rings. The highest BCUT2D eigenvalue weighted by atomic mass is 14.7. The van der Waals surface area contributed by atoms with Crippen molar-refractivity contribution in [1.29, 1.82) is 0 Å². The molecular formula is C14H22N2. The molecule has 1 aliphatic rings. The number of hydrogen-bond acceptors (Lipinski definition) is 2. The van der Waals surface area contributed by atoms with Crippen LogP contribution >= 0.6 is 0 Å². The van der Waals surface area contributed by atoms with E-state index in [-0.39, 0.29) is 0 Å². The summed E-state index contributed by atoms with van der Waals surface area (Å²) in [6.07, 6.45) is 9.24. The van der Waals surface area contributed by atoms with Crippen LogP contribution in [0.4, 0.5) is 0 Å². The minimum Gasteiger partial charge on any atom is -0.327 e. The topological polar surface area (TPSA) is 38.9 Å². The van der Waals surface area contributed by atoms with E-state index >= 15 is 0 Å². The highest BCUT2D eigenvalue weighted by Crippen LogP contribution is 2.25. The average molecular weight is 218 g/mol. The van der Waals surface area contributed by atoms with E-state index < -0.39 is 0 Å². The van der Waals surface area contributed by atoms with Crippen molar-refractivity contribution >= 4 is 0 Å². The Kier molecular flexibility index (Phi) is 3.94. The summed E-state index contributed by atoms with van der Waals surface area (Å²) < 4.78 is 0. The van der Waals surface area contributed by atoms with Gasteiger partial charge in [-0.3, -0.25) is 4.98 Å². The predicted molar refractivity (Wildman–Crippen MR) is 67.3 cm³/mol. The number of aryl methyl sites for hydroxylation is 1. The maximum absolute atomic E-state index is 6.16. The molecule has 2 nitrogen and oxygen atoms in total. The van der Waals surface area contributed by atoms with Gasteiger partial charge < -0.3 is 5.73 Å². The van der Waals surface area contributed by atoms with Crippen molar-refractivity contribution in [1.82, 2.24) is 4.98 Å². The molecular weight excluding hydrogens is 196 g/mol. The molecule has 1 aliphatic carbocycles. The molecule has 1 saturated carbocycles. The second kappa shape index (κ2) is 5.44. The molecule has 1 heterocycles. The molecule has 0 spiro atoms. The fourth-order valence-electron chi connectivity index (χ4n) is 2.54. The molecule has 2 atom stereocenters. The lowest BCUT2D eigenvalue weighted by Gasteiger charge is -2.28. The maximum Gasteiger partial charge on any atom is 0.0407 e. The van der Waals surface area contributed by atoms with Gasteiger partial charge in [-0.15, -0.1) is 0 Å². The molecule has 16 heavy (non-hydrogen) atoms. The van der Waals surface area contributed by atoms with Gasteiger partial charge in [-0.2, -0.15) is 0 Å². The van der Waals surface area contributed by atoms with Crippen LogP contribution in [-0.4, -0.2) is 11.0 Å². The van der Waals surface area contributed by atoms with Crippen LogP contribution in [0.3, 0.4) is 0 Å². The van der Waals surface area contributed by atoms with Gasteiger partial charge in [-0.25, -0.2) is 0 Å². The minimum absolute atomic E-state index is 0.390. The van der Waals surface area contributed by atoms with E-state index in [2.05, 4.69) is 24.0 Å². The van der Waals surface area contributed by atoms with Crippen molar-refractivity contribution in [2.24, 2.45) is 11.7 Å². The number of nitrogens with two attached hydrogens (primary N) is 1. The third-order valence-corrected chi connectivity index (χ3v) is 3.73. The first kappa shape index (κ1) is 11.6. The highest BCUT2D eigenvalue weighted by Gasteiger charge is 2.22. The van der Waals surface area contributed by atoms with Crippen LogP contribution in [0.2, 0.25) is 0 Å². The van der Waals surface area contributed by atoms with Crippen molar-refractivity contribution < 1.29 is 0 Å². The fraction of sp³-hybridized carbons (Fsp3) is 0.643. The predicted octanol–water partition coefficient (Wildman–Crippen LogP) is 2.70. The molecule has 1 fully saturated rings. The second-order valence-electron chi connectivity index (χ2n) is 4.92. The van der Waals surface area contributed by atoms with Gasteiger partial charge in [-0.1, -0.05) is 25.8 Å². The van der Waals surface area contributed by atoms with Crippen LogP contribution in [0.5, 0.6) is 0 Å². The Balaban J connectivity index is 1.96. The van der Waals surface area contributed by atoms with Crippen LogP contribution in [0.25, 0.3) is 0 Å². The quantitative estimate of drug-likeness (QED) is 0.847. The van der Waals surface area contributed by atoms with Crippen LogP contribution < -0.4 is 5.73 Å². The van der Waals surface area contributed by atoms with Gasteiger partial charge in [0.05, 0.1) is 0 Å². The summed E-state index contributed by atoms with van der Waals surface area (Å²) in [6.45, 7) is 2.16. The van der Waals surface area contributed by atoms with Gasteiger partial charge in [0, 0.05) is 17.9 Å². The molecule has 0 aliphatic heterocycles. The van der Waals surface area contributed by atoms with Gasteiger partial charge in [0.25, 0.3) is 0 Å². The molecule has 2 heteroatoms. The smallest absolute Gasteiger partial charge is 0.0407 e. The zero-order valence-corrected chi connectivity index (χ0v) is 10.2. The Bertz CT molecular complexity index is 318. The van der Waals surface area contributed by atoms with E-state index in [4.69, 9.17) is 5.73 Å². The van der Waals surface area contributed by atoms with E-state index in [9.17, 15) is 0 Å². The molecule has 88 valence electrons. The summed E-state index contributed by atoms with van der Waals surface area (Å²) in [6, 6.07) is 4.75. The highest BCUT2D eigenvalue weighted by molar-refractivity contribution is 5.14. The van der Waals surface area contributed by atoms with E-state index in [0.29, 0.717) is 12.0 Å². The summed E-state index contributed by atoms with van der Waals surface area (Å²) in [5.41, 5.74) is 8.68. The number of aromatic nitrogens is 1. The zero-order chi connectivity index (χ0) is 11.4. The van der Waals surface area contributed by atoms with Crippen molar-refractivity contribution in [3.8, 4) is 0 Å². The summed E-state index contributed by atoms with van der Waals surface area (Å²) in [5.74, 6) is 0.647. The second-order valence-corrected chi connectivity index (χ2v) is 4.92. The van der Waals surface area contributed by atoms with Gasteiger partial charge in [0.2, 0.25) is 0 Å². The van der Waals surface area contributed by atoms with E-state index in [1.54, 1.807) is 0 Å². The molecule has 0 saturated heterocycles. The molecule has 2 N–H and O–H groups in total. The SMILES string of the molecule is CCc1ccc(CC2CCCCC2N)nc1. The van der Waals surface area contributed by atoms with Gasteiger partial charge in [0.1, 0.15) is 0 Å². The van der Waals surface area contributed by atoms with Gasteiger partial charge in [0.15, 0.2) is 0 Å². The molecule has 1 aromatic heterocycles. The number of rotatable bonds is 3. The molecule has 0 radical (unpaired) electrons. The third kappa shape index (κ3) is 2.82. The van der Waals surface area contributed by atoms with Gasteiger partial charge in [-0.05, 0) is 43.2 Å². The lowest BCUT2D eigenvalue weighted by Crippen LogP contribution is -2.34. The summed E-state index contributed by atoms with van der Waals surface area (Å²) in [5, 5.41) is 0. The average Bonchev–Trinajstić information content (AvgIpc) is 2.33. The standard InChI is InChI=1S/C14H22N2/c1-2-11-7-8-13(16-10-11)9-12-5-3-4-6-14(12)15/h7-8,10,12,14H,2-6,9,15H2,1H3. The molecule has 0 aromatic carbocycles. The maximum atomic E-state index is 6.16. The Labute approximate surface area is 98.3 Å². The van der Waals surface area contributed by atoms with E-state index in [1.807, 2.05) is 6.20 Å².